The number of aryl methyl sites for hydroxylation is 1. The second kappa shape index (κ2) is 10.4. The monoisotopic (exact) mass is 565 g/mol. The third-order valence-corrected chi connectivity index (χ3v) is 7.65. The molecule has 0 saturated carbocycles. The molecule has 0 atom stereocenters. The first-order chi connectivity index (χ1) is 27.4. The highest BCUT2D eigenvalue weighted by Crippen LogP contribution is 2.45. The highest BCUT2D eigenvalue weighted by atomic mass is 15.1. The minimum atomic E-state index is -3.09. The van der Waals surface area contributed by atoms with E-state index in [1.54, 1.807) is 91.0 Å². The summed E-state index contributed by atoms with van der Waals surface area (Å²) in [6.07, 6.45) is -2.89. The Labute approximate surface area is 272 Å². The Morgan fingerprint density at radius 1 is 0.628 bits per heavy atom. The van der Waals surface area contributed by atoms with Crippen LogP contribution in [0.3, 0.4) is 0 Å². The average Bonchev–Trinajstić information content (AvgIpc) is 3.61. The van der Waals surface area contributed by atoms with Crippen molar-refractivity contribution < 1.29 is 20.6 Å². The number of aromatic nitrogens is 2. The molecule has 7 aromatic carbocycles. The number of rotatable bonds is 5. The van der Waals surface area contributed by atoms with E-state index in [1.807, 2.05) is 0 Å². The zero-order valence-electron chi connectivity index (χ0n) is 37.6. The second-order valence-electron chi connectivity index (χ2n) is 9.96. The van der Waals surface area contributed by atoms with Crippen molar-refractivity contribution in [2.45, 2.75) is 13.2 Å². The Bertz CT molecular complexity index is 2980. The van der Waals surface area contributed by atoms with Crippen LogP contribution < -0.4 is 0 Å². The number of imidazole rings is 1. The summed E-state index contributed by atoms with van der Waals surface area (Å²) < 4.78 is 130. The Hall–Kier alpha value is -5.47. The van der Waals surface area contributed by atoms with E-state index in [4.69, 9.17) is 20.6 Å². The van der Waals surface area contributed by atoms with Crippen LogP contribution in [0.2, 0.25) is 0 Å². The highest BCUT2D eigenvalue weighted by molar-refractivity contribution is 6.22. The van der Waals surface area contributed by atoms with E-state index in [9.17, 15) is 0 Å². The summed E-state index contributed by atoms with van der Waals surface area (Å²) in [6, 6.07) is 20.4. The molecule has 1 aromatic heterocycles. The summed E-state index contributed by atoms with van der Waals surface area (Å²) in [6.45, 7) is -3.09. The summed E-state index contributed by atoms with van der Waals surface area (Å²) >= 11 is 0. The Morgan fingerprint density at radius 2 is 1.23 bits per heavy atom. The summed E-state index contributed by atoms with van der Waals surface area (Å²) in [7, 11) is 0. The fourth-order valence-corrected chi connectivity index (χ4v) is 5.90. The molecule has 0 radical (unpaired) electrons. The van der Waals surface area contributed by atoms with Gasteiger partial charge in [-0.25, -0.2) is 4.98 Å². The summed E-state index contributed by atoms with van der Waals surface area (Å²) in [5, 5.41) is 1.46. The molecule has 8 rings (SSSR count). The van der Waals surface area contributed by atoms with E-state index in [0.29, 0.717) is 49.4 Å². The van der Waals surface area contributed by atoms with Crippen molar-refractivity contribution in [2.24, 2.45) is 0 Å². The van der Waals surface area contributed by atoms with Crippen LogP contribution in [0.5, 0.6) is 0 Å². The van der Waals surface area contributed by atoms with Gasteiger partial charge in [0.1, 0.15) is 5.82 Å². The summed E-state index contributed by atoms with van der Waals surface area (Å²) in [4.78, 5) is 4.48. The zero-order valence-corrected chi connectivity index (χ0v) is 22.6. The topological polar surface area (TPSA) is 17.8 Å². The number of nitrogens with zero attached hydrogens (tertiary/aromatic N) is 2. The van der Waals surface area contributed by atoms with Crippen LogP contribution in [0.1, 0.15) is 33.2 Å². The SMILES string of the molecule is [2H]c1c([2H])c([2H])c(-c2c3ccccc3c(-c3c([2H])c([2H])c([2H])c([2H])c3[2H])c3cc(-c4ccccc4-n4c(C([2H])([2H])C([2H])([2H])[2H])nc5ccccc54)ccc23)c([2H])c1[2H]. The van der Waals surface area contributed by atoms with Gasteiger partial charge in [0, 0.05) is 18.8 Å². The number of hydrogen-bond acceptors (Lipinski definition) is 1. The third-order valence-electron chi connectivity index (χ3n) is 7.65. The smallest absolute Gasteiger partial charge is 0.114 e. The lowest BCUT2D eigenvalue weighted by Crippen LogP contribution is -2.02. The van der Waals surface area contributed by atoms with E-state index >= 15 is 0 Å². The first-order valence-corrected chi connectivity index (χ1v) is 13.6. The largest absolute Gasteiger partial charge is 0.296 e. The van der Waals surface area contributed by atoms with Gasteiger partial charge in [-0.15, -0.1) is 0 Å². The van der Waals surface area contributed by atoms with Gasteiger partial charge in [0.15, 0.2) is 0 Å². The minimum absolute atomic E-state index is 0.0885. The van der Waals surface area contributed by atoms with Crippen LogP contribution in [-0.2, 0) is 6.37 Å². The van der Waals surface area contributed by atoms with E-state index in [0.717, 1.165) is 0 Å². The first kappa shape index (κ1) is 14.1. The van der Waals surface area contributed by atoms with Crippen molar-refractivity contribution >= 4 is 32.6 Å². The molecule has 2 nitrogen and oxygen atoms in total. The third kappa shape index (κ3) is 4.14. The maximum Gasteiger partial charge on any atom is 0.114 e. The fraction of sp³-hybridized carbons (Fsp3) is 0.0488. The fourth-order valence-electron chi connectivity index (χ4n) is 5.90. The second-order valence-corrected chi connectivity index (χ2v) is 9.96. The van der Waals surface area contributed by atoms with Gasteiger partial charge >= 0.3 is 0 Å². The van der Waals surface area contributed by atoms with Crippen LogP contribution in [0.4, 0.5) is 0 Å². The molecule has 0 aliphatic carbocycles. The van der Waals surface area contributed by atoms with E-state index in [1.165, 1.54) is 4.57 Å². The van der Waals surface area contributed by atoms with Crippen molar-refractivity contribution in [3.63, 3.8) is 0 Å². The van der Waals surface area contributed by atoms with Crippen molar-refractivity contribution in [1.29, 1.82) is 0 Å². The van der Waals surface area contributed by atoms with Gasteiger partial charge in [0.25, 0.3) is 0 Å². The molecule has 0 bridgehead atoms. The summed E-state index contributed by atoms with van der Waals surface area (Å²) in [5.41, 5.74) is 2.45. The van der Waals surface area contributed by atoms with Gasteiger partial charge in [-0.2, -0.15) is 0 Å². The quantitative estimate of drug-likeness (QED) is 0.190. The van der Waals surface area contributed by atoms with Gasteiger partial charge in [0.05, 0.1) is 30.4 Å². The van der Waals surface area contributed by atoms with Gasteiger partial charge in [-0.05, 0) is 73.6 Å². The normalized spacial score (nSPS) is 17.1. The first-order valence-electron chi connectivity index (χ1n) is 21.1. The highest BCUT2D eigenvalue weighted by Gasteiger charge is 2.19. The van der Waals surface area contributed by atoms with Crippen LogP contribution >= 0.6 is 0 Å². The number of para-hydroxylation sites is 3. The number of hydrogen-bond donors (Lipinski definition) is 0. The Morgan fingerprint density at radius 3 is 1.95 bits per heavy atom. The molecule has 0 aliphatic heterocycles. The molecule has 0 unspecified atom stereocenters. The Balaban J connectivity index is 1.55. The maximum atomic E-state index is 9.05. The zero-order chi connectivity index (χ0) is 41.7. The molecule has 8 aromatic rings. The molecule has 1 heterocycles. The lowest BCUT2D eigenvalue weighted by Gasteiger charge is -2.19. The van der Waals surface area contributed by atoms with Crippen LogP contribution in [0.25, 0.3) is 71.6 Å². The molecule has 0 amide bonds. The van der Waals surface area contributed by atoms with Crippen LogP contribution in [0, 0.1) is 0 Å². The molecule has 0 N–H and O–H groups in total. The molecule has 204 valence electrons. The Kier molecular flexibility index (Phi) is 3.42. The molecular formula is C41H30N2. The molecular weight excluding hydrogens is 520 g/mol. The number of benzene rings is 7. The molecule has 2 heteroatoms. The van der Waals surface area contributed by atoms with Crippen LogP contribution in [-0.4, -0.2) is 9.55 Å². The van der Waals surface area contributed by atoms with Crippen molar-refractivity contribution in [3.8, 4) is 39.1 Å². The van der Waals surface area contributed by atoms with Crippen molar-refractivity contribution in [3.05, 3.63) is 157 Å². The van der Waals surface area contributed by atoms with Gasteiger partial charge < -0.3 is 0 Å². The molecule has 0 saturated heterocycles. The molecule has 43 heavy (non-hydrogen) atoms. The van der Waals surface area contributed by atoms with Crippen molar-refractivity contribution in [1.82, 2.24) is 9.55 Å². The summed E-state index contributed by atoms with van der Waals surface area (Å²) in [5.74, 6) is -0.351. The predicted molar refractivity (Wildman–Crippen MR) is 182 cm³/mol. The minimum Gasteiger partial charge on any atom is -0.296 e. The molecule has 0 aliphatic rings. The standard InChI is InChI=1S/C41H30N2/c1-2-39-42-36-22-12-14-24-38(36)43(39)37-23-13-11-19-31(37)30-25-26-34-35(27-30)41(29-17-7-4-8-18-29)33-21-10-9-20-32(33)40(34)28-15-5-3-6-16-28/h3-27H,2H2,1H3/i1D3,2D2,3D,4D,5D,6D,7D,8D,15D,16D,17D,18D. The lowest BCUT2D eigenvalue weighted by molar-refractivity contribution is 0.909. The van der Waals surface area contributed by atoms with Gasteiger partial charge in [0.2, 0.25) is 0 Å². The number of fused-ring (bicyclic) bond motifs is 3. The maximum absolute atomic E-state index is 9.05. The van der Waals surface area contributed by atoms with E-state index in [-0.39, 0.29) is 28.1 Å². The van der Waals surface area contributed by atoms with Gasteiger partial charge in [-0.3, -0.25) is 4.57 Å². The van der Waals surface area contributed by atoms with E-state index < -0.39 is 73.6 Å². The average molecular weight is 566 g/mol. The lowest BCUT2D eigenvalue weighted by atomic mass is 9.85. The predicted octanol–water partition coefficient (Wildman–Crippen LogP) is 10.9. The van der Waals surface area contributed by atoms with E-state index in [2.05, 4.69) is 4.98 Å². The van der Waals surface area contributed by atoms with Crippen molar-refractivity contribution in [2.75, 3.05) is 0 Å². The molecule has 0 spiro atoms. The van der Waals surface area contributed by atoms with Crippen LogP contribution in [0.15, 0.2) is 151 Å². The van der Waals surface area contributed by atoms with Gasteiger partial charge in [-0.1, -0.05) is 134 Å². The molecule has 0 fully saturated rings.